The fourth-order valence-electron chi connectivity index (χ4n) is 1.78. The summed E-state index contributed by atoms with van der Waals surface area (Å²) < 4.78 is 13.5. The maximum absolute atomic E-state index is 13.5. The van der Waals surface area contributed by atoms with Crippen molar-refractivity contribution in [2.24, 2.45) is 4.99 Å². The predicted molar refractivity (Wildman–Crippen MR) is 87.2 cm³/mol. The fraction of sp³-hybridized carbons (Fsp3) is 0.500. The van der Waals surface area contributed by atoms with Gasteiger partial charge in [-0.05, 0) is 44.9 Å². The number of hydrogen-bond acceptors (Lipinski definition) is 2. The van der Waals surface area contributed by atoms with Crippen LogP contribution in [0.3, 0.4) is 0 Å². The van der Waals surface area contributed by atoms with E-state index in [1.54, 1.807) is 20.0 Å². The minimum absolute atomic E-state index is 0.114. The van der Waals surface area contributed by atoms with Gasteiger partial charge in [0.1, 0.15) is 5.82 Å². The molecule has 5 nitrogen and oxygen atoms in total. The van der Waals surface area contributed by atoms with Gasteiger partial charge < -0.3 is 16.0 Å². The van der Waals surface area contributed by atoms with Crippen LogP contribution >= 0.6 is 0 Å². The van der Waals surface area contributed by atoms with E-state index in [1.807, 2.05) is 26.8 Å². The third-order valence-electron chi connectivity index (χ3n) is 2.85. The van der Waals surface area contributed by atoms with Crippen LogP contribution in [0.2, 0.25) is 0 Å². The van der Waals surface area contributed by atoms with Crippen molar-refractivity contribution in [3.8, 4) is 0 Å². The van der Waals surface area contributed by atoms with Gasteiger partial charge in [0.2, 0.25) is 5.91 Å². The molecular weight excluding hydrogens is 283 g/mol. The summed E-state index contributed by atoms with van der Waals surface area (Å²) in [6, 6.07) is 5.08. The Morgan fingerprint density at radius 3 is 2.50 bits per heavy atom. The maximum atomic E-state index is 13.5. The molecular formula is C16H25FN4O. The Hall–Kier alpha value is -2.11. The van der Waals surface area contributed by atoms with Crippen LogP contribution in [0.1, 0.15) is 31.9 Å². The van der Waals surface area contributed by atoms with Crippen LogP contribution in [-0.4, -0.2) is 31.0 Å². The van der Waals surface area contributed by atoms with Crippen molar-refractivity contribution >= 4 is 11.9 Å². The number of aliphatic imine (C=N–C) groups is 1. The zero-order valence-corrected chi connectivity index (χ0v) is 13.9. The number of carbonyl (C=O) groups is 1. The van der Waals surface area contributed by atoms with Crippen molar-refractivity contribution in [1.29, 1.82) is 0 Å². The first-order valence-electron chi connectivity index (χ1n) is 7.22. The molecule has 0 aliphatic heterocycles. The Labute approximate surface area is 131 Å². The van der Waals surface area contributed by atoms with E-state index in [1.165, 1.54) is 6.07 Å². The van der Waals surface area contributed by atoms with E-state index in [9.17, 15) is 9.18 Å². The minimum atomic E-state index is -0.269. The Kier molecular flexibility index (Phi) is 6.34. The maximum Gasteiger partial charge on any atom is 0.239 e. The molecule has 0 aliphatic carbocycles. The zero-order valence-electron chi connectivity index (χ0n) is 13.9. The second kappa shape index (κ2) is 7.77. The quantitative estimate of drug-likeness (QED) is 0.586. The van der Waals surface area contributed by atoms with Gasteiger partial charge in [-0.2, -0.15) is 0 Å². The van der Waals surface area contributed by atoms with Crippen molar-refractivity contribution in [1.82, 2.24) is 16.0 Å². The van der Waals surface area contributed by atoms with Gasteiger partial charge in [-0.15, -0.1) is 0 Å². The first-order chi connectivity index (χ1) is 10.2. The molecule has 0 heterocycles. The number of halogens is 1. The van der Waals surface area contributed by atoms with Crippen LogP contribution in [0.15, 0.2) is 23.2 Å². The molecule has 0 unspecified atom stereocenters. The van der Waals surface area contributed by atoms with Crippen molar-refractivity contribution < 1.29 is 9.18 Å². The number of nitrogens with zero attached hydrogens (tertiary/aromatic N) is 1. The summed E-state index contributed by atoms with van der Waals surface area (Å²) in [7, 11) is 1.62. The lowest BCUT2D eigenvalue weighted by molar-refractivity contribution is -0.121. The second-order valence-electron chi connectivity index (χ2n) is 6.16. The van der Waals surface area contributed by atoms with Crippen LogP contribution in [0.4, 0.5) is 4.39 Å². The molecule has 0 aromatic heterocycles. The molecule has 0 bridgehead atoms. The number of guanidine groups is 1. The van der Waals surface area contributed by atoms with Crippen LogP contribution in [0.25, 0.3) is 0 Å². The average Bonchev–Trinajstić information content (AvgIpc) is 2.41. The molecule has 0 spiro atoms. The van der Waals surface area contributed by atoms with Gasteiger partial charge in [-0.25, -0.2) is 4.39 Å². The monoisotopic (exact) mass is 308 g/mol. The molecule has 0 radical (unpaired) electrons. The third kappa shape index (κ3) is 6.56. The molecule has 0 saturated carbocycles. The number of nitrogens with one attached hydrogen (secondary N) is 3. The molecule has 122 valence electrons. The number of hydrogen-bond donors (Lipinski definition) is 3. The Balaban J connectivity index is 2.46. The highest BCUT2D eigenvalue weighted by atomic mass is 19.1. The molecule has 0 aliphatic rings. The first kappa shape index (κ1) is 17.9. The SMILES string of the molecule is CN=C(NCC(=O)NC(C)(C)C)NCc1ccc(C)c(F)c1. The molecule has 1 rings (SSSR count). The van der Waals surface area contributed by atoms with Gasteiger partial charge in [0.05, 0.1) is 6.54 Å². The number of carbonyl (C=O) groups excluding carboxylic acids is 1. The zero-order chi connectivity index (χ0) is 16.8. The van der Waals surface area contributed by atoms with E-state index in [4.69, 9.17) is 0 Å². The summed E-state index contributed by atoms with van der Waals surface area (Å²) in [6.45, 7) is 8.04. The lowest BCUT2D eigenvalue weighted by atomic mass is 10.1. The lowest BCUT2D eigenvalue weighted by Crippen LogP contribution is -2.48. The number of aryl methyl sites for hydroxylation is 1. The van der Waals surface area contributed by atoms with Crippen molar-refractivity contribution in [3.05, 3.63) is 35.1 Å². The summed E-state index contributed by atoms with van der Waals surface area (Å²) in [5.74, 6) is 0.147. The first-order valence-corrected chi connectivity index (χ1v) is 7.22. The topological polar surface area (TPSA) is 65.5 Å². The number of benzene rings is 1. The number of rotatable bonds is 4. The van der Waals surface area contributed by atoms with Crippen molar-refractivity contribution in [3.63, 3.8) is 0 Å². The van der Waals surface area contributed by atoms with E-state index in [0.29, 0.717) is 18.1 Å². The fourth-order valence-corrected chi connectivity index (χ4v) is 1.78. The van der Waals surface area contributed by atoms with Crippen LogP contribution in [-0.2, 0) is 11.3 Å². The van der Waals surface area contributed by atoms with Crippen molar-refractivity contribution in [2.45, 2.75) is 39.8 Å². The number of amides is 1. The largest absolute Gasteiger partial charge is 0.352 e. The highest BCUT2D eigenvalue weighted by molar-refractivity contribution is 5.86. The van der Waals surface area contributed by atoms with Gasteiger partial charge >= 0.3 is 0 Å². The summed E-state index contributed by atoms with van der Waals surface area (Å²) in [5, 5.41) is 8.82. The van der Waals surface area contributed by atoms with Gasteiger partial charge in [0.15, 0.2) is 5.96 Å². The smallest absolute Gasteiger partial charge is 0.239 e. The molecule has 0 atom stereocenters. The van der Waals surface area contributed by atoms with E-state index in [0.717, 1.165) is 5.56 Å². The summed E-state index contributed by atoms with van der Waals surface area (Å²) >= 11 is 0. The minimum Gasteiger partial charge on any atom is -0.352 e. The molecule has 1 aromatic rings. The van der Waals surface area contributed by atoms with Crippen LogP contribution in [0.5, 0.6) is 0 Å². The highest BCUT2D eigenvalue weighted by Gasteiger charge is 2.13. The molecule has 22 heavy (non-hydrogen) atoms. The molecule has 0 saturated heterocycles. The van der Waals surface area contributed by atoms with Crippen molar-refractivity contribution in [2.75, 3.05) is 13.6 Å². The molecule has 6 heteroatoms. The third-order valence-corrected chi connectivity index (χ3v) is 2.85. The molecule has 1 amide bonds. The van der Waals surface area contributed by atoms with Crippen LogP contribution < -0.4 is 16.0 Å². The Morgan fingerprint density at radius 1 is 1.27 bits per heavy atom. The van der Waals surface area contributed by atoms with E-state index in [-0.39, 0.29) is 23.8 Å². The molecule has 1 aromatic carbocycles. The highest BCUT2D eigenvalue weighted by Crippen LogP contribution is 2.08. The van der Waals surface area contributed by atoms with Gasteiger partial charge in [0.25, 0.3) is 0 Å². The normalized spacial score (nSPS) is 12.0. The average molecular weight is 308 g/mol. The molecule has 0 fully saturated rings. The van der Waals surface area contributed by atoms with E-state index < -0.39 is 0 Å². The second-order valence-corrected chi connectivity index (χ2v) is 6.16. The standard InChI is InChI=1S/C16H25FN4O/c1-11-6-7-12(8-13(11)17)9-19-15(18-5)20-10-14(22)21-16(2,3)4/h6-8H,9-10H2,1-5H3,(H,21,22)(H2,18,19,20). The van der Waals surface area contributed by atoms with Gasteiger partial charge in [-0.1, -0.05) is 12.1 Å². The van der Waals surface area contributed by atoms with Gasteiger partial charge in [0, 0.05) is 19.1 Å². The Morgan fingerprint density at radius 2 is 1.95 bits per heavy atom. The summed E-state index contributed by atoms with van der Waals surface area (Å²) in [6.07, 6.45) is 0. The Bertz CT molecular complexity index is 550. The lowest BCUT2D eigenvalue weighted by Gasteiger charge is -2.21. The van der Waals surface area contributed by atoms with E-state index >= 15 is 0 Å². The van der Waals surface area contributed by atoms with Gasteiger partial charge in [-0.3, -0.25) is 9.79 Å². The van der Waals surface area contributed by atoms with E-state index in [2.05, 4.69) is 20.9 Å². The summed E-state index contributed by atoms with van der Waals surface area (Å²) in [4.78, 5) is 15.8. The predicted octanol–water partition coefficient (Wildman–Crippen LogP) is 1.71. The molecule has 3 N–H and O–H groups in total. The summed E-state index contributed by atoms with van der Waals surface area (Å²) in [5.41, 5.74) is 1.16. The van der Waals surface area contributed by atoms with Crippen LogP contribution in [0, 0.1) is 12.7 Å².